The van der Waals surface area contributed by atoms with Crippen molar-refractivity contribution in [2.45, 2.75) is 12.7 Å². The van der Waals surface area contributed by atoms with Gasteiger partial charge in [0, 0.05) is 28.2 Å². The first-order valence-electron chi connectivity index (χ1n) is 7.08. The zero-order chi connectivity index (χ0) is 15.8. The first kappa shape index (κ1) is 17.3. The fraction of sp³-hybridized carbons (Fsp3) is 0.235. The number of rotatable bonds is 6. The van der Waals surface area contributed by atoms with Crippen molar-refractivity contribution in [3.63, 3.8) is 0 Å². The van der Waals surface area contributed by atoms with E-state index >= 15 is 0 Å². The first-order valence-corrected chi connectivity index (χ1v) is 9.43. The second-order valence-electron chi connectivity index (χ2n) is 4.87. The van der Waals surface area contributed by atoms with E-state index in [9.17, 15) is 0 Å². The van der Waals surface area contributed by atoms with Crippen molar-refractivity contribution >= 4 is 50.7 Å². The molecule has 0 heterocycles. The number of hydrogen-bond donors (Lipinski definition) is 2. The van der Waals surface area contributed by atoms with E-state index in [0.717, 1.165) is 28.2 Å². The zero-order valence-electron chi connectivity index (χ0n) is 12.4. The highest BCUT2D eigenvalue weighted by molar-refractivity contribution is 9.10. The molecule has 0 amide bonds. The number of nitrogens with one attached hydrogen (secondary N) is 2. The fourth-order valence-corrected chi connectivity index (χ4v) is 3.32. The summed E-state index contributed by atoms with van der Waals surface area (Å²) in [5.41, 5.74) is 3.76. The van der Waals surface area contributed by atoms with Gasteiger partial charge in [-0.3, -0.25) is 0 Å². The normalized spacial score (nSPS) is 10.3. The van der Waals surface area contributed by atoms with Gasteiger partial charge >= 0.3 is 0 Å². The Morgan fingerprint density at radius 2 is 1.86 bits per heavy atom. The molecular formula is C17H19BrN2S2. The van der Waals surface area contributed by atoms with Crippen LogP contribution in [0.25, 0.3) is 0 Å². The maximum Gasteiger partial charge on any atom is 0.170 e. The Balaban J connectivity index is 1.63. The van der Waals surface area contributed by atoms with Crippen LogP contribution in [0, 0.1) is 6.92 Å². The number of halogens is 1. The van der Waals surface area contributed by atoms with Gasteiger partial charge in [0.15, 0.2) is 5.11 Å². The molecule has 0 aromatic heterocycles. The van der Waals surface area contributed by atoms with Gasteiger partial charge in [0.05, 0.1) is 0 Å². The van der Waals surface area contributed by atoms with E-state index in [1.165, 1.54) is 11.1 Å². The Bertz CT molecular complexity index is 614. The lowest BCUT2D eigenvalue weighted by Gasteiger charge is -2.11. The van der Waals surface area contributed by atoms with E-state index in [2.05, 4.69) is 57.8 Å². The molecular weight excluding hydrogens is 376 g/mol. The fourth-order valence-electron chi connectivity index (χ4n) is 1.90. The van der Waals surface area contributed by atoms with Gasteiger partial charge in [0.1, 0.15) is 0 Å². The molecule has 22 heavy (non-hydrogen) atoms. The minimum Gasteiger partial charge on any atom is -0.362 e. The van der Waals surface area contributed by atoms with Gasteiger partial charge in [-0.2, -0.15) is 11.8 Å². The Morgan fingerprint density at radius 1 is 1.14 bits per heavy atom. The quantitative estimate of drug-likeness (QED) is 0.532. The summed E-state index contributed by atoms with van der Waals surface area (Å²) < 4.78 is 1.06. The van der Waals surface area contributed by atoms with Crippen molar-refractivity contribution in [3.8, 4) is 0 Å². The summed E-state index contributed by atoms with van der Waals surface area (Å²) >= 11 is 10.6. The van der Waals surface area contributed by atoms with Crippen molar-refractivity contribution in [2.75, 3.05) is 17.6 Å². The smallest absolute Gasteiger partial charge is 0.170 e. The van der Waals surface area contributed by atoms with Crippen molar-refractivity contribution in [3.05, 3.63) is 64.1 Å². The van der Waals surface area contributed by atoms with E-state index < -0.39 is 0 Å². The topological polar surface area (TPSA) is 24.1 Å². The third-order valence-corrected chi connectivity index (χ3v) is 4.94. The monoisotopic (exact) mass is 394 g/mol. The summed E-state index contributed by atoms with van der Waals surface area (Å²) in [6.07, 6.45) is 0. The Labute approximate surface area is 150 Å². The van der Waals surface area contributed by atoms with Crippen LogP contribution >= 0.6 is 39.9 Å². The summed E-state index contributed by atoms with van der Waals surface area (Å²) in [4.78, 5) is 0. The van der Waals surface area contributed by atoms with E-state index in [-0.39, 0.29) is 0 Å². The van der Waals surface area contributed by atoms with Crippen molar-refractivity contribution < 1.29 is 0 Å². The summed E-state index contributed by atoms with van der Waals surface area (Å²) in [5, 5.41) is 7.08. The van der Waals surface area contributed by atoms with Gasteiger partial charge < -0.3 is 10.6 Å². The average molecular weight is 395 g/mol. The van der Waals surface area contributed by atoms with Crippen LogP contribution in [0.5, 0.6) is 0 Å². The second kappa shape index (κ2) is 9.18. The van der Waals surface area contributed by atoms with Crippen LogP contribution in [0.1, 0.15) is 11.1 Å². The molecule has 2 N–H and O–H groups in total. The molecule has 0 fully saturated rings. The van der Waals surface area contributed by atoms with Crippen molar-refractivity contribution in [2.24, 2.45) is 0 Å². The molecule has 116 valence electrons. The summed E-state index contributed by atoms with van der Waals surface area (Å²) in [6, 6.07) is 16.5. The van der Waals surface area contributed by atoms with E-state index in [1.807, 2.05) is 36.0 Å². The molecule has 0 saturated carbocycles. The molecule has 0 spiro atoms. The highest BCUT2D eigenvalue weighted by Crippen LogP contribution is 2.15. The molecule has 0 saturated heterocycles. The second-order valence-corrected chi connectivity index (χ2v) is 7.30. The molecule has 2 aromatic rings. The molecule has 0 unspecified atom stereocenters. The van der Waals surface area contributed by atoms with Crippen LogP contribution in [0.15, 0.2) is 53.0 Å². The van der Waals surface area contributed by atoms with Crippen LogP contribution in [0.2, 0.25) is 0 Å². The van der Waals surface area contributed by atoms with Crippen molar-refractivity contribution in [1.82, 2.24) is 5.32 Å². The van der Waals surface area contributed by atoms with Gasteiger partial charge in [0.2, 0.25) is 0 Å². The maximum atomic E-state index is 5.29. The maximum absolute atomic E-state index is 5.29. The SMILES string of the molecule is Cc1ccccc1CSCCNC(=S)Nc1ccc(Br)cc1. The zero-order valence-corrected chi connectivity index (χ0v) is 15.7. The molecule has 0 bridgehead atoms. The Morgan fingerprint density at radius 3 is 2.59 bits per heavy atom. The summed E-state index contributed by atoms with van der Waals surface area (Å²) in [6.45, 7) is 3.02. The predicted molar refractivity (Wildman–Crippen MR) is 106 cm³/mol. The first-order chi connectivity index (χ1) is 10.6. The van der Waals surface area contributed by atoms with Crippen LogP contribution in [-0.4, -0.2) is 17.4 Å². The molecule has 0 atom stereocenters. The Hall–Kier alpha value is -1.04. The standard InChI is InChI=1S/C17H19BrN2S2/c1-13-4-2-3-5-14(13)12-22-11-10-19-17(21)20-16-8-6-15(18)7-9-16/h2-9H,10-12H2,1H3,(H2,19,20,21). The average Bonchev–Trinajstić information content (AvgIpc) is 2.51. The number of anilines is 1. The molecule has 2 nitrogen and oxygen atoms in total. The van der Waals surface area contributed by atoms with Gasteiger partial charge in [-0.05, 0) is 54.5 Å². The summed E-state index contributed by atoms with van der Waals surface area (Å²) in [5.74, 6) is 2.07. The van der Waals surface area contributed by atoms with Crippen LogP contribution in [0.4, 0.5) is 5.69 Å². The molecule has 2 rings (SSSR count). The van der Waals surface area contributed by atoms with Gasteiger partial charge in [-0.25, -0.2) is 0 Å². The molecule has 0 radical (unpaired) electrons. The highest BCUT2D eigenvalue weighted by Gasteiger charge is 1.99. The lowest BCUT2D eigenvalue weighted by atomic mass is 10.1. The van der Waals surface area contributed by atoms with E-state index in [4.69, 9.17) is 12.2 Å². The van der Waals surface area contributed by atoms with Crippen LogP contribution in [0.3, 0.4) is 0 Å². The number of thioether (sulfide) groups is 1. The van der Waals surface area contributed by atoms with Crippen LogP contribution in [-0.2, 0) is 5.75 Å². The predicted octanol–water partition coefficient (Wildman–Crippen LogP) is 4.98. The van der Waals surface area contributed by atoms with E-state index in [0.29, 0.717) is 5.11 Å². The highest BCUT2D eigenvalue weighted by atomic mass is 79.9. The lowest BCUT2D eigenvalue weighted by Crippen LogP contribution is -2.30. The Kier molecular flexibility index (Phi) is 7.22. The number of aryl methyl sites for hydroxylation is 1. The van der Waals surface area contributed by atoms with Gasteiger partial charge in [-0.1, -0.05) is 40.2 Å². The van der Waals surface area contributed by atoms with Crippen molar-refractivity contribution in [1.29, 1.82) is 0 Å². The molecule has 0 aliphatic heterocycles. The minimum absolute atomic E-state index is 0.666. The third-order valence-electron chi connectivity index (χ3n) is 3.15. The minimum atomic E-state index is 0.666. The van der Waals surface area contributed by atoms with Gasteiger partial charge in [0.25, 0.3) is 0 Å². The van der Waals surface area contributed by atoms with Gasteiger partial charge in [-0.15, -0.1) is 0 Å². The van der Waals surface area contributed by atoms with E-state index in [1.54, 1.807) is 0 Å². The third kappa shape index (κ3) is 5.99. The number of thiocarbonyl (C=S) groups is 1. The molecule has 5 heteroatoms. The lowest BCUT2D eigenvalue weighted by molar-refractivity contribution is 0.989. The van der Waals surface area contributed by atoms with Crippen LogP contribution < -0.4 is 10.6 Å². The number of hydrogen-bond acceptors (Lipinski definition) is 2. The molecule has 2 aromatic carbocycles. The molecule has 0 aliphatic carbocycles. The number of benzene rings is 2. The largest absolute Gasteiger partial charge is 0.362 e. The molecule has 0 aliphatic rings. The summed E-state index contributed by atoms with van der Waals surface area (Å²) in [7, 11) is 0.